The number of anilines is 1. The SMILES string of the molecule is CS(=O)(=O)CCSCc1ccnc(NN)c1. The van der Waals surface area contributed by atoms with Crippen molar-refractivity contribution in [3.05, 3.63) is 23.9 Å². The van der Waals surface area contributed by atoms with Crippen LogP contribution in [0.3, 0.4) is 0 Å². The number of sulfone groups is 1. The first-order valence-corrected chi connectivity index (χ1v) is 7.90. The quantitative estimate of drug-likeness (QED) is 0.444. The first-order chi connectivity index (χ1) is 7.51. The van der Waals surface area contributed by atoms with Crippen LogP contribution in [0.25, 0.3) is 0 Å². The molecule has 16 heavy (non-hydrogen) atoms. The zero-order valence-electron chi connectivity index (χ0n) is 9.01. The van der Waals surface area contributed by atoms with Crippen LogP contribution in [-0.2, 0) is 15.6 Å². The number of pyridine rings is 1. The Morgan fingerprint density at radius 3 is 2.94 bits per heavy atom. The van der Waals surface area contributed by atoms with Gasteiger partial charge in [-0.05, 0) is 17.7 Å². The van der Waals surface area contributed by atoms with Crippen LogP contribution in [0, 0.1) is 0 Å². The van der Waals surface area contributed by atoms with Crippen LogP contribution >= 0.6 is 11.8 Å². The molecular weight excluding hydrogens is 246 g/mol. The van der Waals surface area contributed by atoms with Gasteiger partial charge in [0.2, 0.25) is 0 Å². The summed E-state index contributed by atoms with van der Waals surface area (Å²) in [5.74, 6) is 7.42. The molecule has 5 nitrogen and oxygen atoms in total. The maximum atomic E-state index is 10.9. The molecule has 0 saturated heterocycles. The third-order valence-electron chi connectivity index (χ3n) is 1.84. The molecule has 90 valence electrons. The van der Waals surface area contributed by atoms with Crippen molar-refractivity contribution in [1.82, 2.24) is 4.98 Å². The van der Waals surface area contributed by atoms with Crippen molar-refractivity contribution in [1.29, 1.82) is 0 Å². The minimum atomic E-state index is -2.86. The van der Waals surface area contributed by atoms with Crippen LogP contribution < -0.4 is 11.3 Å². The van der Waals surface area contributed by atoms with Gasteiger partial charge in [-0.2, -0.15) is 11.8 Å². The predicted octanol–water partition coefficient (Wildman–Crippen LogP) is 0.645. The Morgan fingerprint density at radius 2 is 2.31 bits per heavy atom. The van der Waals surface area contributed by atoms with Gasteiger partial charge in [-0.1, -0.05) is 0 Å². The van der Waals surface area contributed by atoms with Crippen molar-refractivity contribution in [2.45, 2.75) is 5.75 Å². The lowest BCUT2D eigenvalue weighted by molar-refractivity contribution is 0.603. The zero-order chi connectivity index (χ0) is 12.0. The highest BCUT2D eigenvalue weighted by atomic mass is 32.2. The molecule has 0 atom stereocenters. The van der Waals surface area contributed by atoms with Crippen LogP contribution in [-0.4, -0.2) is 31.2 Å². The average Bonchev–Trinajstić information content (AvgIpc) is 2.23. The van der Waals surface area contributed by atoms with E-state index in [-0.39, 0.29) is 5.75 Å². The monoisotopic (exact) mass is 261 g/mol. The van der Waals surface area contributed by atoms with E-state index in [0.717, 1.165) is 11.3 Å². The van der Waals surface area contributed by atoms with E-state index in [1.807, 2.05) is 12.1 Å². The summed E-state index contributed by atoms with van der Waals surface area (Å²) in [6.07, 6.45) is 2.91. The summed E-state index contributed by atoms with van der Waals surface area (Å²) in [6.45, 7) is 0. The van der Waals surface area contributed by atoms with E-state index in [1.165, 1.54) is 6.26 Å². The molecule has 0 saturated carbocycles. The number of nitrogens with one attached hydrogen (secondary N) is 1. The minimum absolute atomic E-state index is 0.213. The molecule has 1 aromatic heterocycles. The molecular formula is C9H15N3O2S2. The molecule has 0 radical (unpaired) electrons. The van der Waals surface area contributed by atoms with Gasteiger partial charge >= 0.3 is 0 Å². The Morgan fingerprint density at radius 1 is 1.56 bits per heavy atom. The maximum Gasteiger partial charge on any atom is 0.148 e. The molecule has 1 rings (SSSR count). The van der Waals surface area contributed by atoms with Gasteiger partial charge in [-0.3, -0.25) is 0 Å². The molecule has 0 amide bonds. The van der Waals surface area contributed by atoms with Gasteiger partial charge < -0.3 is 5.43 Å². The molecule has 0 spiro atoms. The summed E-state index contributed by atoms with van der Waals surface area (Å²) >= 11 is 1.58. The fourth-order valence-electron chi connectivity index (χ4n) is 1.04. The van der Waals surface area contributed by atoms with E-state index in [0.29, 0.717) is 11.6 Å². The third-order valence-corrected chi connectivity index (χ3v) is 4.07. The maximum absolute atomic E-state index is 10.9. The predicted molar refractivity (Wildman–Crippen MR) is 67.9 cm³/mol. The van der Waals surface area contributed by atoms with Gasteiger partial charge in [-0.15, -0.1) is 0 Å². The van der Waals surface area contributed by atoms with Gasteiger partial charge in [0.15, 0.2) is 0 Å². The molecule has 0 aliphatic heterocycles. The standard InChI is InChI=1S/C9H15N3O2S2/c1-16(13,14)5-4-15-7-8-2-3-11-9(6-8)12-10/h2-3,6H,4-5,7,10H2,1H3,(H,11,12). The second-order valence-corrected chi connectivity index (χ2v) is 6.74. The van der Waals surface area contributed by atoms with Crippen molar-refractivity contribution < 1.29 is 8.42 Å². The van der Waals surface area contributed by atoms with Gasteiger partial charge in [-0.25, -0.2) is 19.2 Å². The molecule has 0 aromatic carbocycles. The number of hydrazine groups is 1. The smallest absolute Gasteiger partial charge is 0.148 e. The average molecular weight is 261 g/mol. The summed E-state index contributed by atoms with van der Waals surface area (Å²) in [5, 5.41) is 0. The Balaban J connectivity index is 2.37. The number of nitrogen functional groups attached to an aromatic ring is 1. The second-order valence-electron chi connectivity index (χ2n) is 3.38. The summed E-state index contributed by atoms with van der Waals surface area (Å²) in [6, 6.07) is 3.72. The van der Waals surface area contributed by atoms with Crippen molar-refractivity contribution in [3.63, 3.8) is 0 Å². The highest BCUT2D eigenvalue weighted by molar-refractivity contribution is 7.99. The Hall–Kier alpha value is -0.790. The van der Waals surface area contributed by atoms with Crippen LogP contribution in [0.5, 0.6) is 0 Å². The van der Waals surface area contributed by atoms with Gasteiger partial charge in [0.1, 0.15) is 15.7 Å². The number of thioether (sulfide) groups is 1. The zero-order valence-corrected chi connectivity index (χ0v) is 10.6. The largest absolute Gasteiger partial charge is 0.308 e. The van der Waals surface area contributed by atoms with Crippen LogP contribution in [0.2, 0.25) is 0 Å². The van der Waals surface area contributed by atoms with Crippen LogP contribution in [0.1, 0.15) is 5.56 Å². The Labute approximate surface area is 99.7 Å². The number of aromatic nitrogens is 1. The fraction of sp³-hybridized carbons (Fsp3) is 0.444. The molecule has 0 aliphatic carbocycles. The number of hydrogen-bond acceptors (Lipinski definition) is 6. The lowest BCUT2D eigenvalue weighted by atomic mass is 10.3. The van der Waals surface area contributed by atoms with Crippen molar-refractivity contribution in [2.24, 2.45) is 5.84 Å². The first-order valence-electron chi connectivity index (χ1n) is 4.68. The topological polar surface area (TPSA) is 85.1 Å². The van der Waals surface area contributed by atoms with Crippen LogP contribution in [0.15, 0.2) is 18.3 Å². The Bertz CT molecular complexity index is 434. The molecule has 0 aliphatic rings. The lowest BCUT2D eigenvalue weighted by Crippen LogP contribution is -2.08. The molecule has 1 aromatic rings. The highest BCUT2D eigenvalue weighted by Gasteiger charge is 2.02. The van der Waals surface area contributed by atoms with Crippen molar-refractivity contribution in [3.8, 4) is 0 Å². The highest BCUT2D eigenvalue weighted by Crippen LogP contribution is 2.14. The van der Waals surface area contributed by atoms with E-state index in [1.54, 1.807) is 18.0 Å². The van der Waals surface area contributed by atoms with Crippen molar-refractivity contribution >= 4 is 27.4 Å². The third kappa shape index (κ3) is 5.34. The van der Waals surface area contributed by atoms with E-state index in [2.05, 4.69) is 10.4 Å². The molecule has 0 fully saturated rings. The summed E-state index contributed by atoms with van der Waals surface area (Å²) in [4.78, 5) is 3.98. The van der Waals surface area contributed by atoms with E-state index in [9.17, 15) is 8.42 Å². The van der Waals surface area contributed by atoms with Crippen LogP contribution in [0.4, 0.5) is 5.82 Å². The van der Waals surface area contributed by atoms with E-state index >= 15 is 0 Å². The lowest BCUT2D eigenvalue weighted by Gasteiger charge is -2.03. The number of rotatable bonds is 6. The Kier molecular flexibility index (Phi) is 5.04. The number of nitrogens with zero attached hydrogens (tertiary/aromatic N) is 1. The van der Waals surface area contributed by atoms with E-state index < -0.39 is 9.84 Å². The molecule has 1 heterocycles. The fourth-order valence-corrected chi connectivity index (χ4v) is 3.29. The van der Waals surface area contributed by atoms with Gasteiger partial charge in [0.25, 0.3) is 0 Å². The van der Waals surface area contributed by atoms with E-state index in [4.69, 9.17) is 5.84 Å². The molecule has 0 unspecified atom stereocenters. The van der Waals surface area contributed by atoms with Crippen molar-refractivity contribution in [2.75, 3.05) is 23.2 Å². The van der Waals surface area contributed by atoms with Gasteiger partial charge in [0, 0.05) is 24.0 Å². The molecule has 0 bridgehead atoms. The second kappa shape index (κ2) is 6.07. The summed E-state index contributed by atoms with van der Waals surface area (Å²) in [5.41, 5.74) is 3.54. The first kappa shape index (κ1) is 13.3. The molecule has 3 N–H and O–H groups in total. The number of hydrogen-bond donors (Lipinski definition) is 2. The van der Waals surface area contributed by atoms with Gasteiger partial charge in [0.05, 0.1) is 5.75 Å². The summed E-state index contributed by atoms with van der Waals surface area (Å²) in [7, 11) is -2.86. The summed E-state index contributed by atoms with van der Waals surface area (Å²) < 4.78 is 21.8. The normalized spacial score (nSPS) is 11.4. The minimum Gasteiger partial charge on any atom is -0.308 e. The molecule has 7 heteroatoms. The number of nitrogens with two attached hydrogens (primary N) is 1.